The number of carbonyl (C=O) groups is 1. The maximum atomic E-state index is 13.3. The van der Waals surface area contributed by atoms with Crippen LogP contribution in [-0.2, 0) is 4.74 Å². The molecule has 1 aromatic heterocycles. The Hall–Kier alpha value is -3.49. The summed E-state index contributed by atoms with van der Waals surface area (Å²) in [5.41, 5.74) is -0.538. The van der Waals surface area contributed by atoms with Crippen molar-refractivity contribution in [2.24, 2.45) is 0 Å². The van der Waals surface area contributed by atoms with Crippen LogP contribution in [-0.4, -0.2) is 11.6 Å². The Bertz CT molecular complexity index is 1320. The van der Waals surface area contributed by atoms with Gasteiger partial charge >= 0.3 is 5.97 Å². The summed E-state index contributed by atoms with van der Waals surface area (Å²) in [6.07, 6.45) is 0. The van der Waals surface area contributed by atoms with E-state index in [2.05, 4.69) is 35.4 Å². The van der Waals surface area contributed by atoms with Crippen LogP contribution in [0.25, 0.3) is 15.0 Å². The molecular weight excluding hydrogens is 414 g/mol. The molecule has 5 heteroatoms. The van der Waals surface area contributed by atoms with Crippen LogP contribution >= 0.6 is 10.5 Å². The van der Waals surface area contributed by atoms with Crippen molar-refractivity contribution in [2.75, 3.05) is 0 Å². The minimum Gasteiger partial charge on any atom is -0.443 e. The van der Waals surface area contributed by atoms with Gasteiger partial charge in [-0.25, -0.2) is 13.6 Å². The highest BCUT2D eigenvalue weighted by atomic mass is 32.2. The van der Waals surface area contributed by atoms with E-state index in [0.717, 1.165) is 23.1 Å². The number of thiophene rings is 1. The fraction of sp³-hybridized carbons (Fsp3) is 0.115. The zero-order valence-corrected chi connectivity index (χ0v) is 17.8. The van der Waals surface area contributed by atoms with Gasteiger partial charge in [0.1, 0.15) is 17.0 Å². The number of hydrogen-bond donors (Lipinski definition) is 0. The average molecular weight is 433 g/mol. The van der Waals surface area contributed by atoms with E-state index in [0.29, 0.717) is 5.56 Å². The van der Waals surface area contributed by atoms with Gasteiger partial charge in [-0.1, -0.05) is 30.0 Å². The van der Waals surface area contributed by atoms with Gasteiger partial charge in [0.05, 0.1) is 5.56 Å². The summed E-state index contributed by atoms with van der Waals surface area (Å²) in [6.45, 7) is 3.27. The Morgan fingerprint density at radius 2 is 1.68 bits per heavy atom. The van der Waals surface area contributed by atoms with Gasteiger partial charge in [-0.3, -0.25) is 0 Å². The van der Waals surface area contributed by atoms with Gasteiger partial charge in [0.25, 0.3) is 0 Å². The van der Waals surface area contributed by atoms with E-state index in [1.165, 1.54) is 10.1 Å². The monoisotopic (exact) mass is 433 g/mol. The fourth-order valence-corrected chi connectivity index (χ4v) is 5.10. The van der Waals surface area contributed by atoms with E-state index in [4.69, 9.17) is 4.74 Å². The van der Waals surface area contributed by atoms with Gasteiger partial charge in [-0.05, 0) is 50.2 Å². The van der Waals surface area contributed by atoms with Gasteiger partial charge in [0.2, 0.25) is 0 Å². The topological polar surface area (TPSA) is 26.3 Å². The molecule has 2 nitrogen and oxygen atoms in total. The maximum Gasteiger partial charge on any atom is 0.339 e. The summed E-state index contributed by atoms with van der Waals surface area (Å²) < 4.78 is 33.5. The molecule has 0 radical (unpaired) electrons. The summed E-state index contributed by atoms with van der Waals surface area (Å²) in [7, 11) is -0.236. The van der Waals surface area contributed by atoms with Crippen molar-refractivity contribution in [2.45, 2.75) is 19.4 Å². The standard InChI is InChI=1S/C26H19F2O2S/c1-26(2,12-10-18-14-21(27)17-22(28)15-18)30-25(29)20-7-5-8-23(16-20)31-13-11-19-6-3-4-9-24(19)31/h3-9,11,13-17H,1-2H3/q+1. The molecule has 0 fully saturated rings. The lowest BCUT2D eigenvalue weighted by Gasteiger charge is -2.18. The van der Waals surface area contributed by atoms with Crippen molar-refractivity contribution in [3.05, 3.63) is 101 Å². The molecule has 0 aliphatic carbocycles. The first kappa shape index (κ1) is 20.8. The van der Waals surface area contributed by atoms with Crippen molar-refractivity contribution < 1.29 is 18.3 Å². The fourth-order valence-electron chi connectivity index (χ4n) is 3.16. The maximum absolute atomic E-state index is 13.3. The van der Waals surface area contributed by atoms with Gasteiger partial charge in [-0.15, -0.1) is 0 Å². The Kier molecular flexibility index (Phi) is 5.58. The summed E-state index contributed by atoms with van der Waals surface area (Å²) >= 11 is 0. The SMILES string of the molecule is CC(C)(C#Cc1cc(F)cc(F)c1)OC(=O)c1cccc(-[s+]2ccc3ccccc32)c1. The van der Waals surface area contributed by atoms with Crippen LogP contribution in [0.3, 0.4) is 0 Å². The number of ether oxygens (including phenoxy) is 1. The van der Waals surface area contributed by atoms with Crippen LogP contribution in [0.5, 0.6) is 0 Å². The molecule has 0 N–H and O–H groups in total. The second-order valence-electron chi connectivity index (χ2n) is 7.51. The molecule has 1 heterocycles. The first-order valence-electron chi connectivity index (χ1n) is 9.64. The zero-order chi connectivity index (χ0) is 22.0. The Morgan fingerprint density at radius 3 is 2.45 bits per heavy atom. The molecule has 0 spiro atoms. The molecule has 0 amide bonds. The van der Waals surface area contributed by atoms with E-state index >= 15 is 0 Å². The van der Waals surface area contributed by atoms with Gasteiger partial charge in [0.15, 0.2) is 15.2 Å². The Morgan fingerprint density at radius 1 is 0.935 bits per heavy atom. The molecule has 1 unspecified atom stereocenters. The second kappa shape index (κ2) is 8.33. The number of benzene rings is 3. The number of rotatable bonds is 3. The molecule has 0 aliphatic rings. The van der Waals surface area contributed by atoms with Gasteiger partial charge in [-0.2, -0.15) is 0 Å². The van der Waals surface area contributed by atoms with Crippen molar-refractivity contribution in [1.82, 2.24) is 0 Å². The molecule has 31 heavy (non-hydrogen) atoms. The highest BCUT2D eigenvalue weighted by molar-refractivity contribution is 7.43. The van der Waals surface area contributed by atoms with E-state index in [1.54, 1.807) is 19.9 Å². The van der Waals surface area contributed by atoms with Crippen LogP contribution < -0.4 is 0 Å². The van der Waals surface area contributed by atoms with Crippen molar-refractivity contribution >= 4 is 26.5 Å². The summed E-state index contributed by atoms with van der Waals surface area (Å²) in [4.78, 5) is 13.8. The minimum atomic E-state index is -1.14. The first-order chi connectivity index (χ1) is 14.8. The van der Waals surface area contributed by atoms with E-state index in [-0.39, 0.29) is 16.0 Å². The van der Waals surface area contributed by atoms with Crippen LogP contribution in [0.2, 0.25) is 0 Å². The number of halogens is 2. The van der Waals surface area contributed by atoms with Crippen molar-refractivity contribution in [1.29, 1.82) is 0 Å². The molecule has 4 aromatic rings. The lowest BCUT2D eigenvalue weighted by Crippen LogP contribution is -2.26. The number of carbonyl (C=O) groups excluding carboxylic acids is 1. The molecular formula is C26H19F2O2S+. The first-order valence-corrected chi connectivity index (χ1v) is 10.9. The Labute approximate surface area is 182 Å². The normalized spacial score (nSPS) is 11.7. The predicted octanol–water partition coefficient (Wildman–Crippen LogP) is 6.84. The number of esters is 1. The lowest BCUT2D eigenvalue weighted by atomic mass is 10.1. The van der Waals surface area contributed by atoms with Crippen LogP contribution in [0, 0.1) is 23.5 Å². The smallest absolute Gasteiger partial charge is 0.339 e. The molecule has 0 aliphatic heterocycles. The Balaban J connectivity index is 1.56. The van der Waals surface area contributed by atoms with Gasteiger partial charge in [0, 0.05) is 39.6 Å². The largest absolute Gasteiger partial charge is 0.443 e. The summed E-state index contributed by atoms with van der Waals surface area (Å²) in [5, 5.41) is 3.33. The van der Waals surface area contributed by atoms with E-state index in [9.17, 15) is 13.6 Å². The average Bonchev–Trinajstić information content (AvgIpc) is 3.16. The highest BCUT2D eigenvalue weighted by Gasteiger charge is 2.23. The van der Waals surface area contributed by atoms with E-state index < -0.39 is 23.2 Å². The summed E-state index contributed by atoms with van der Waals surface area (Å²) in [5.74, 6) is 3.53. The third-order valence-corrected chi connectivity index (χ3v) is 6.60. The molecule has 4 rings (SSSR count). The zero-order valence-electron chi connectivity index (χ0n) is 17.0. The predicted molar refractivity (Wildman–Crippen MR) is 120 cm³/mol. The van der Waals surface area contributed by atoms with Crippen LogP contribution in [0.4, 0.5) is 8.78 Å². The van der Waals surface area contributed by atoms with E-state index in [1.807, 2.05) is 30.3 Å². The van der Waals surface area contributed by atoms with Crippen molar-refractivity contribution in [3.8, 4) is 16.7 Å². The molecule has 154 valence electrons. The lowest BCUT2D eigenvalue weighted by molar-refractivity contribution is 0.0204. The molecule has 3 aromatic carbocycles. The minimum absolute atomic E-state index is 0.177. The second-order valence-corrected chi connectivity index (χ2v) is 9.37. The summed E-state index contributed by atoms with van der Waals surface area (Å²) in [6, 6.07) is 20.7. The quantitative estimate of drug-likeness (QED) is 0.201. The molecule has 0 bridgehead atoms. The molecule has 1 atom stereocenters. The van der Waals surface area contributed by atoms with Crippen LogP contribution in [0.1, 0.15) is 29.8 Å². The van der Waals surface area contributed by atoms with Gasteiger partial charge < -0.3 is 4.74 Å². The number of fused-ring (bicyclic) bond motifs is 1. The third kappa shape index (κ3) is 4.82. The third-order valence-electron chi connectivity index (χ3n) is 4.58. The highest BCUT2D eigenvalue weighted by Crippen LogP contribution is 2.39. The van der Waals surface area contributed by atoms with Crippen LogP contribution in [0.15, 0.2) is 78.2 Å². The molecule has 0 saturated carbocycles. The number of hydrogen-bond acceptors (Lipinski definition) is 2. The molecule has 0 saturated heterocycles. The van der Waals surface area contributed by atoms with Crippen molar-refractivity contribution in [3.63, 3.8) is 0 Å².